The summed E-state index contributed by atoms with van der Waals surface area (Å²) >= 11 is 0. The van der Waals surface area contributed by atoms with Crippen LogP contribution >= 0.6 is 0 Å². The third-order valence-electron chi connectivity index (χ3n) is 2.22. The number of hydrogen-bond donors (Lipinski definition) is 3. The SMILES string of the molecule is NC(O)CC(CC(=O)O)c1ccccc1. The molecule has 0 saturated carbocycles. The molecule has 4 nitrogen and oxygen atoms in total. The Labute approximate surface area is 88.3 Å². The second kappa shape index (κ2) is 5.48. The topological polar surface area (TPSA) is 83.5 Å². The van der Waals surface area contributed by atoms with Gasteiger partial charge in [0, 0.05) is 0 Å². The first-order valence-electron chi connectivity index (χ1n) is 4.80. The van der Waals surface area contributed by atoms with Crippen LogP contribution in [0.1, 0.15) is 24.3 Å². The minimum Gasteiger partial charge on any atom is -0.481 e. The van der Waals surface area contributed by atoms with E-state index in [9.17, 15) is 4.79 Å². The van der Waals surface area contributed by atoms with Gasteiger partial charge in [-0.3, -0.25) is 4.79 Å². The van der Waals surface area contributed by atoms with Crippen LogP contribution < -0.4 is 5.73 Å². The summed E-state index contributed by atoms with van der Waals surface area (Å²) < 4.78 is 0. The molecule has 0 fully saturated rings. The highest BCUT2D eigenvalue weighted by molar-refractivity contribution is 5.68. The third kappa shape index (κ3) is 4.10. The number of carboxylic acids is 1. The second-order valence-electron chi connectivity index (χ2n) is 3.51. The van der Waals surface area contributed by atoms with Gasteiger partial charge in [0.05, 0.1) is 6.42 Å². The predicted octanol–water partition coefficient (Wildman–Crippen LogP) is 0.912. The van der Waals surface area contributed by atoms with Gasteiger partial charge >= 0.3 is 5.97 Å². The van der Waals surface area contributed by atoms with Gasteiger partial charge in [0.1, 0.15) is 6.23 Å². The maximum absolute atomic E-state index is 10.6. The molecule has 1 aromatic rings. The number of carboxylic acid groups (broad SMARTS) is 1. The Kier molecular flexibility index (Phi) is 4.27. The number of nitrogens with two attached hydrogens (primary N) is 1. The molecular formula is C11H15NO3. The van der Waals surface area contributed by atoms with Crippen molar-refractivity contribution in [3.8, 4) is 0 Å². The molecule has 2 atom stereocenters. The second-order valence-corrected chi connectivity index (χ2v) is 3.51. The summed E-state index contributed by atoms with van der Waals surface area (Å²) in [6.07, 6.45) is -0.733. The molecule has 0 spiro atoms. The number of benzene rings is 1. The zero-order valence-corrected chi connectivity index (χ0v) is 8.34. The van der Waals surface area contributed by atoms with Crippen molar-refractivity contribution in [2.24, 2.45) is 5.73 Å². The standard InChI is InChI=1S/C11H15NO3/c12-10(13)6-9(7-11(14)15)8-4-2-1-3-5-8/h1-5,9-10,13H,6-7,12H2,(H,14,15). The molecule has 0 amide bonds. The minimum atomic E-state index is -0.977. The van der Waals surface area contributed by atoms with Crippen LogP contribution in [0.5, 0.6) is 0 Å². The Morgan fingerprint density at radius 3 is 2.40 bits per heavy atom. The number of aliphatic hydroxyl groups is 1. The van der Waals surface area contributed by atoms with Gasteiger partial charge in [-0.25, -0.2) is 0 Å². The van der Waals surface area contributed by atoms with Crippen molar-refractivity contribution < 1.29 is 15.0 Å². The van der Waals surface area contributed by atoms with Gasteiger partial charge in [-0.15, -0.1) is 0 Å². The molecule has 82 valence electrons. The number of hydrogen-bond acceptors (Lipinski definition) is 3. The smallest absolute Gasteiger partial charge is 0.303 e. The van der Waals surface area contributed by atoms with Crippen LogP contribution in [0.2, 0.25) is 0 Å². The molecule has 4 N–H and O–H groups in total. The maximum Gasteiger partial charge on any atom is 0.303 e. The summed E-state index contributed by atoms with van der Waals surface area (Å²) in [6, 6.07) is 9.23. The molecule has 0 aromatic heterocycles. The average Bonchev–Trinajstić information content (AvgIpc) is 2.17. The molecule has 15 heavy (non-hydrogen) atoms. The molecule has 0 aliphatic carbocycles. The highest BCUT2D eigenvalue weighted by Gasteiger charge is 2.17. The van der Waals surface area contributed by atoms with Crippen LogP contribution in [0, 0.1) is 0 Å². The van der Waals surface area contributed by atoms with E-state index in [4.69, 9.17) is 15.9 Å². The number of rotatable bonds is 5. The van der Waals surface area contributed by atoms with E-state index in [1.54, 1.807) is 0 Å². The fraction of sp³-hybridized carbons (Fsp3) is 0.364. The summed E-state index contributed by atoms with van der Waals surface area (Å²) in [5, 5.41) is 17.8. The Morgan fingerprint density at radius 2 is 1.93 bits per heavy atom. The van der Waals surface area contributed by atoms with Gasteiger partial charge in [0.25, 0.3) is 0 Å². The van der Waals surface area contributed by atoms with Gasteiger partial charge in [-0.05, 0) is 17.9 Å². The number of carbonyl (C=O) groups is 1. The van der Waals surface area contributed by atoms with E-state index in [-0.39, 0.29) is 18.8 Å². The van der Waals surface area contributed by atoms with Crippen LogP contribution in [-0.4, -0.2) is 22.4 Å². The Balaban J connectivity index is 2.76. The minimum absolute atomic E-state index is 0.0156. The van der Waals surface area contributed by atoms with Crippen LogP contribution in [0.25, 0.3) is 0 Å². The Bertz CT molecular complexity index is 311. The number of aliphatic hydroxyl groups excluding tert-OH is 1. The lowest BCUT2D eigenvalue weighted by molar-refractivity contribution is -0.137. The molecule has 4 heteroatoms. The third-order valence-corrected chi connectivity index (χ3v) is 2.22. The fourth-order valence-electron chi connectivity index (χ4n) is 1.56. The summed E-state index contributed by atoms with van der Waals surface area (Å²) in [6.45, 7) is 0. The van der Waals surface area contributed by atoms with Gasteiger partial charge in [0.2, 0.25) is 0 Å². The quantitative estimate of drug-likeness (QED) is 0.629. The van der Waals surface area contributed by atoms with E-state index in [2.05, 4.69) is 0 Å². The van der Waals surface area contributed by atoms with Crippen LogP contribution in [-0.2, 0) is 4.79 Å². The lowest BCUT2D eigenvalue weighted by atomic mass is 9.92. The molecule has 0 radical (unpaired) electrons. The average molecular weight is 209 g/mol. The highest BCUT2D eigenvalue weighted by Crippen LogP contribution is 2.23. The normalized spacial score (nSPS) is 14.5. The highest BCUT2D eigenvalue weighted by atomic mass is 16.4. The fourth-order valence-corrected chi connectivity index (χ4v) is 1.56. The van der Waals surface area contributed by atoms with Gasteiger partial charge in [-0.2, -0.15) is 0 Å². The van der Waals surface area contributed by atoms with E-state index in [0.29, 0.717) is 0 Å². The van der Waals surface area contributed by atoms with Crippen molar-refractivity contribution in [1.29, 1.82) is 0 Å². The van der Waals surface area contributed by atoms with Crippen molar-refractivity contribution in [3.63, 3.8) is 0 Å². The van der Waals surface area contributed by atoms with Crippen molar-refractivity contribution in [2.45, 2.75) is 25.0 Å². The van der Waals surface area contributed by atoms with E-state index in [0.717, 1.165) is 5.56 Å². The number of aliphatic carboxylic acids is 1. The molecule has 0 aliphatic rings. The van der Waals surface area contributed by atoms with Gasteiger partial charge in [0.15, 0.2) is 0 Å². The zero-order chi connectivity index (χ0) is 11.3. The maximum atomic E-state index is 10.6. The largest absolute Gasteiger partial charge is 0.481 e. The lowest BCUT2D eigenvalue weighted by Crippen LogP contribution is -2.23. The van der Waals surface area contributed by atoms with E-state index >= 15 is 0 Å². The Hall–Kier alpha value is -1.39. The molecule has 0 aliphatic heterocycles. The molecule has 0 heterocycles. The zero-order valence-electron chi connectivity index (χ0n) is 8.34. The lowest BCUT2D eigenvalue weighted by Gasteiger charge is -2.16. The summed E-state index contributed by atoms with van der Waals surface area (Å²) in [5.74, 6) is -1.12. The van der Waals surface area contributed by atoms with Crippen LogP contribution in [0.15, 0.2) is 30.3 Å². The monoisotopic (exact) mass is 209 g/mol. The van der Waals surface area contributed by atoms with Crippen molar-refractivity contribution in [3.05, 3.63) is 35.9 Å². The molecule has 0 bridgehead atoms. The Morgan fingerprint density at radius 1 is 1.33 bits per heavy atom. The van der Waals surface area contributed by atoms with E-state index in [1.165, 1.54) is 0 Å². The van der Waals surface area contributed by atoms with Gasteiger partial charge < -0.3 is 15.9 Å². The molecular weight excluding hydrogens is 194 g/mol. The van der Waals surface area contributed by atoms with Crippen molar-refractivity contribution in [1.82, 2.24) is 0 Å². The first-order chi connectivity index (χ1) is 7.09. The predicted molar refractivity (Wildman–Crippen MR) is 56.2 cm³/mol. The van der Waals surface area contributed by atoms with Gasteiger partial charge in [-0.1, -0.05) is 30.3 Å². The summed E-state index contributed by atoms with van der Waals surface area (Å²) in [4.78, 5) is 10.6. The molecule has 1 rings (SSSR count). The van der Waals surface area contributed by atoms with Crippen LogP contribution in [0.3, 0.4) is 0 Å². The van der Waals surface area contributed by atoms with Crippen LogP contribution in [0.4, 0.5) is 0 Å². The summed E-state index contributed by atoms with van der Waals surface area (Å²) in [5.41, 5.74) is 6.16. The molecule has 2 unspecified atom stereocenters. The summed E-state index contributed by atoms with van der Waals surface area (Å²) in [7, 11) is 0. The van der Waals surface area contributed by atoms with Crippen molar-refractivity contribution >= 4 is 5.97 Å². The van der Waals surface area contributed by atoms with E-state index in [1.807, 2.05) is 30.3 Å². The first kappa shape index (κ1) is 11.7. The van der Waals surface area contributed by atoms with Crippen molar-refractivity contribution in [2.75, 3.05) is 0 Å². The molecule has 0 saturated heterocycles. The first-order valence-corrected chi connectivity index (χ1v) is 4.80. The molecule has 1 aromatic carbocycles. The van der Waals surface area contributed by atoms with E-state index < -0.39 is 12.2 Å².